The molecule has 0 aliphatic heterocycles. The molecular weight excluding hydrogens is 140 g/mol. The van der Waals surface area contributed by atoms with Gasteiger partial charge in [0.15, 0.2) is 5.75 Å². The lowest BCUT2D eigenvalue weighted by Gasteiger charge is -1.97. The molecule has 0 atom stereocenters. The molecule has 0 spiro atoms. The van der Waals surface area contributed by atoms with E-state index in [9.17, 15) is 0 Å². The Morgan fingerprint density at radius 2 is 2.45 bits per heavy atom. The SMILES string of the molecule is CCc1cc(C#N)c(O)cn1. The summed E-state index contributed by atoms with van der Waals surface area (Å²) in [5.74, 6) is -0.0512. The minimum Gasteiger partial charge on any atom is -0.505 e. The highest BCUT2D eigenvalue weighted by Gasteiger charge is 2.00. The smallest absolute Gasteiger partial charge is 0.151 e. The Labute approximate surface area is 64.9 Å². The first-order valence-electron chi connectivity index (χ1n) is 3.36. The van der Waals surface area contributed by atoms with Crippen molar-refractivity contribution in [2.75, 3.05) is 0 Å². The molecule has 0 amide bonds. The van der Waals surface area contributed by atoms with Gasteiger partial charge in [-0.1, -0.05) is 6.92 Å². The van der Waals surface area contributed by atoms with Crippen molar-refractivity contribution >= 4 is 0 Å². The fourth-order valence-electron chi connectivity index (χ4n) is 0.774. The van der Waals surface area contributed by atoms with E-state index in [1.807, 2.05) is 13.0 Å². The van der Waals surface area contributed by atoms with Crippen LogP contribution in [0.25, 0.3) is 0 Å². The predicted octanol–water partition coefficient (Wildman–Crippen LogP) is 1.22. The lowest BCUT2D eigenvalue weighted by atomic mass is 10.2. The Hall–Kier alpha value is -1.56. The summed E-state index contributed by atoms with van der Waals surface area (Å²) in [4.78, 5) is 3.90. The zero-order chi connectivity index (χ0) is 8.27. The van der Waals surface area contributed by atoms with Gasteiger partial charge in [0.25, 0.3) is 0 Å². The van der Waals surface area contributed by atoms with Crippen LogP contribution in [-0.4, -0.2) is 10.1 Å². The fourth-order valence-corrected chi connectivity index (χ4v) is 0.774. The van der Waals surface area contributed by atoms with Gasteiger partial charge in [-0.25, -0.2) is 0 Å². The van der Waals surface area contributed by atoms with Gasteiger partial charge in [-0.05, 0) is 12.5 Å². The second kappa shape index (κ2) is 3.02. The lowest BCUT2D eigenvalue weighted by molar-refractivity contribution is 0.470. The monoisotopic (exact) mass is 148 g/mol. The second-order valence-corrected chi connectivity index (χ2v) is 2.16. The van der Waals surface area contributed by atoms with E-state index in [-0.39, 0.29) is 11.3 Å². The van der Waals surface area contributed by atoms with E-state index in [4.69, 9.17) is 10.4 Å². The molecule has 0 saturated heterocycles. The van der Waals surface area contributed by atoms with E-state index < -0.39 is 0 Å². The van der Waals surface area contributed by atoms with Gasteiger partial charge >= 0.3 is 0 Å². The van der Waals surface area contributed by atoms with Crippen LogP contribution < -0.4 is 0 Å². The van der Waals surface area contributed by atoms with Crippen molar-refractivity contribution in [3.8, 4) is 11.8 Å². The summed E-state index contributed by atoms with van der Waals surface area (Å²) in [6.07, 6.45) is 2.08. The van der Waals surface area contributed by atoms with Crippen molar-refractivity contribution in [1.29, 1.82) is 5.26 Å². The van der Waals surface area contributed by atoms with E-state index in [0.29, 0.717) is 0 Å². The highest BCUT2D eigenvalue weighted by atomic mass is 16.3. The number of hydrogen-bond donors (Lipinski definition) is 1. The summed E-state index contributed by atoms with van der Waals surface area (Å²) in [5.41, 5.74) is 1.11. The molecule has 11 heavy (non-hydrogen) atoms. The van der Waals surface area contributed by atoms with Crippen molar-refractivity contribution in [2.45, 2.75) is 13.3 Å². The molecule has 0 saturated carbocycles. The largest absolute Gasteiger partial charge is 0.505 e. The van der Waals surface area contributed by atoms with Gasteiger partial charge in [0.2, 0.25) is 0 Å². The molecular formula is C8H8N2O. The van der Waals surface area contributed by atoms with E-state index in [1.165, 1.54) is 6.20 Å². The first-order chi connectivity index (χ1) is 5.27. The minimum absolute atomic E-state index is 0.0512. The molecule has 1 rings (SSSR count). The summed E-state index contributed by atoms with van der Waals surface area (Å²) < 4.78 is 0. The van der Waals surface area contributed by atoms with Crippen LogP contribution in [-0.2, 0) is 6.42 Å². The average molecular weight is 148 g/mol. The maximum atomic E-state index is 9.05. The number of nitriles is 1. The summed E-state index contributed by atoms with van der Waals surface area (Å²) in [6, 6.07) is 3.47. The van der Waals surface area contributed by atoms with Crippen molar-refractivity contribution in [3.63, 3.8) is 0 Å². The van der Waals surface area contributed by atoms with Gasteiger partial charge in [0, 0.05) is 5.69 Å². The normalized spacial score (nSPS) is 9.09. The molecule has 3 heteroatoms. The van der Waals surface area contributed by atoms with Crippen LogP contribution in [0, 0.1) is 11.3 Å². The van der Waals surface area contributed by atoms with Crippen LogP contribution in [0.15, 0.2) is 12.3 Å². The number of nitrogens with zero attached hydrogens (tertiary/aromatic N) is 2. The zero-order valence-corrected chi connectivity index (χ0v) is 6.20. The minimum atomic E-state index is -0.0512. The third kappa shape index (κ3) is 1.47. The fraction of sp³-hybridized carbons (Fsp3) is 0.250. The third-order valence-electron chi connectivity index (χ3n) is 1.42. The van der Waals surface area contributed by atoms with E-state index in [0.717, 1.165) is 12.1 Å². The maximum Gasteiger partial charge on any atom is 0.151 e. The molecule has 0 fully saturated rings. The molecule has 0 unspecified atom stereocenters. The Morgan fingerprint density at radius 1 is 1.73 bits per heavy atom. The van der Waals surface area contributed by atoms with Gasteiger partial charge in [0.1, 0.15) is 6.07 Å². The maximum absolute atomic E-state index is 9.05. The number of aryl methyl sites for hydroxylation is 1. The van der Waals surface area contributed by atoms with Crippen molar-refractivity contribution < 1.29 is 5.11 Å². The Kier molecular flexibility index (Phi) is 2.07. The number of aromatic nitrogens is 1. The van der Waals surface area contributed by atoms with E-state index in [1.54, 1.807) is 6.07 Å². The summed E-state index contributed by atoms with van der Waals surface area (Å²) in [7, 11) is 0. The number of hydrogen-bond acceptors (Lipinski definition) is 3. The lowest BCUT2D eigenvalue weighted by Crippen LogP contribution is -1.87. The van der Waals surface area contributed by atoms with Gasteiger partial charge < -0.3 is 5.11 Å². The first-order valence-corrected chi connectivity index (χ1v) is 3.36. The van der Waals surface area contributed by atoms with Crippen molar-refractivity contribution in [2.24, 2.45) is 0 Å². The first kappa shape index (κ1) is 7.55. The third-order valence-corrected chi connectivity index (χ3v) is 1.42. The Bertz CT molecular complexity index is 301. The summed E-state index contributed by atoms with van der Waals surface area (Å²) >= 11 is 0. The molecule has 0 radical (unpaired) electrons. The van der Waals surface area contributed by atoms with Crippen LogP contribution in [0.4, 0.5) is 0 Å². The predicted molar refractivity (Wildman–Crippen MR) is 40.0 cm³/mol. The molecule has 0 aliphatic carbocycles. The van der Waals surface area contributed by atoms with Gasteiger partial charge in [-0.3, -0.25) is 4.98 Å². The van der Waals surface area contributed by atoms with Crippen LogP contribution in [0.3, 0.4) is 0 Å². The van der Waals surface area contributed by atoms with Gasteiger partial charge in [0.05, 0.1) is 11.8 Å². The number of pyridine rings is 1. The Balaban J connectivity index is 3.15. The van der Waals surface area contributed by atoms with Crippen LogP contribution >= 0.6 is 0 Å². The van der Waals surface area contributed by atoms with Crippen LogP contribution in [0.5, 0.6) is 5.75 Å². The van der Waals surface area contributed by atoms with Crippen LogP contribution in [0.2, 0.25) is 0 Å². The highest BCUT2D eigenvalue weighted by Crippen LogP contribution is 2.14. The molecule has 0 aliphatic rings. The molecule has 1 heterocycles. The zero-order valence-electron chi connectivity index (χ0n) is 6.20. The standard InChI is InChI=1S/C8H8N2O/c1-2-7-3-6(4-9)8(11)5-10-7/h3,5,11H,2H2,1H3. The van der Waals surface area contributed by atoms with Crippen LogP contribution in [0.1, 0.15) is 18.2 Å². The number of aromatic hydroxyl groups is 1. The van der Waals surface area contributed by atoms with Crippen molar-refractivity contribution in [1.82, 2.24) is 4.98 Å². The highest BCUT2D eigenvalue weighted by molar-refractivity contribution is 5.40. The molecule has 1 aromatic heterocycles. The molecule has 0 aromatic carbocycles. The summed E-state index contributed by atoms with van der Waals surface area (Å²) in [6.45, 7) is 1.94. The Morgan fingerprint density at radius 3 is 3.00 bits per heavy atom. The van der Waals surface area contributed by atoms with E-state index in [2.05, 4.69) is 4.98 Å². The summed E-state index contributed by atoms with van der Waals surface area (Å²) in [5, 5.41) is 17.5. The average Bonchev–Trinajstić information content (AvgIpc) is 2.05. The quantitative estimate of drug-likeness (QED) is 0.651. The molecule has 0 bridgehead atoms. The molecule has 3 nitrogen and oxygen atoms in total. The van der Waals surface area contributed by atoms with Gasteiger partial charge in [-0.15, -0.1) is 0 Å². The number of rotatable bonds is 1. The van der Waals surface area contributed by atoms with E-state index >= 15 is 0 Å². The van der Waals surface area contributed by atoms with Gasteiger partial charge in [-0.2, -0.15) is 5.26 Å². The second-order valence-electron chi connectivity index (χ2n) is 2.16. The van der Waals surface area contributed by atoms with Crippen molar-refractivity contribution in [3.05, 3.63) is 23.5 Å². The topological polar surface area (TPSA) is 56.9 Å². The molecule has 1 aromatic rings. The molecule has 1 N–H and O–H groups in total. The molecule has 56 valence electrons.